The van der Waals surface area contributed by atoms with Gasteiger partial charge < -0.3 is 39.4 Å². The first-order valence-electron chi connectivity index (χ1n) is 27.2. The number of hydrogen-bond donors (Lipinski definition) is 4. The Morgan fingerprint density at radius 3 is 1.31 bits per heavy atom. The van der Waals surface area contributed by atoms with E-state index >= 15 is 0 Å². The number of likely N-dealkylation sites (tertiary alicyclic amines) is 2. The Morgan fingerprint density at radius 1 is 0.588 bits per heavy atom. The molecule has 14 aliphatic rings. The Morgan fingerprint density at radius 2 is 0.971 bits per heavy atom. The number of phenols is 2. The molecule has 2 aromatic carbocycles. The normalized spacial score (nSPS) is 44.2. The molecule has 10 nitrogen and oxygen atoms in total. The van der Waals surface area contributed by atoms with Gasteiger partial charge in [-0.2, -0.15) is 0 Å². The van der Waals surface area contributed by atoms with Gasteiger partial charge in [-0.1, -0.05) is 41.5 Å². The van der Waals surface area contributed by atoms with Crippen LogP contribution in [0.4, 0.5) is 0 Å². The molecule has 4 spiro atoms. The molecule has 4 aliphatic heterocycles. The van der Waals surface area contributed by atoms with Crippen LogP contribution in [0.15, 0.2) is 12.1 Å². The minimum absolute atomic E-state index is 0.0971. The number of nitrogens with zero attached hydrogens (tertiary/aromatic N) is 2. The second kappa shape index (κ2) is 12.9. The summed E-state index contributed by atoms with van der Waals surface area (Å²) in [7, 11) is 3.68. The SMILES string of the molecule is COC12CC[C@@]3(CC1[C@](C)(O)C(C)(C)C)[C@H]1Cc4cc(-c5cc6c7c(c5O)O[C@H]5C8(OC)CC[C@@]9(C[C@@H]8[C@](C)(O)C(C)(C)C)[C@@H](C6)N(CC6CC6)CC[C@]759)c(O)c5c4[C@@]3(CCN1CC1CC1)[C@H]2O5. The lowest BCUT2D eigenvalue weighted by molar-refractivity contribution is -0.312. The van der Waals surface area contributed by atoms with Crippen molar-refractivity contribution in [2.75, 3.05) is 40.4 Å². The van der Waals surface area contributed by atoms with Gasteiger partial charge in [-0.05, 0) is 163 Å². The molecule has 68 heavy (non-hydrogen) atoms. The maximum absolute atomic E-state index is 13.1. The van der Waals surface area contributed by atoms with Crippen LogP contribution in [0.5, 0.6) is 23.0 Å². The van der Waals surface area contributed by atoms with E-state index in [9.17, 15) is 20.4 Å². The molecule has 0 aromatic heterocycles. The first-order chi connectivity index (χ1) is 32.0. The topological polar surface area (TPSA) is 124 Å². The molecule has 3 unspecified atom stereocenters. The second-order valence-electron chi connectivity index (χ2n) is 28.0. The van der Waals surface area contributed by atoms with E-state index in [4.69, 9.17) is 18.9 Å². The average Bonchev–Trinajstić information content (AvgIpc) is 4.22. The van der Waals surface area contributed by atoms with Gasteiger partial charge in [0.15, 0.2) is 23.0 Å². The lowest BCUT2D eigenvalue weighted by atomic mass is 9.33. The minimum Gasteiger partial charge on any atom is -0.504 e. The third-order valence-corrected chi connectivity index (χ3v) is 24.2. The molecule has 10 fully saturated rings. The second-order valence-corrected chi connectivity index (χ2v) is 28.0. The number of hydrogen-bond acceptors (Lipinski definition) is 10. The van der Waals surface area contributed by atoms with Crippen molar-refractivity contribution in [2.45, 2.75) is 203 Å². The predicted molar refractivity (Wildman–Crippen MR) is 259 cm³/mol. The van der Waals surface area contributed by atoms with Crippen LogP contribution in [-0.4, -0.2) is 117 Å². The summed E-state index contributed by atoms with van der Waals surface area (Å²) < 4.78 is 28.8. The molecule has 370 valence electrons. The zero-order valence-corrected chi connectivity index (χ0v) is 42.8. The maximum atomic E-state index is 13.1. The monoisotopic (exact) mass is 933 g/mol. The number of rotatable bonds is 9. The number of phenolic OH excluding ortho intramolecular Hbond substituents is 2. The smallest absolute Gasteiger partial charge is 0.166 e. The molecule has 2 saturated heterocycles. The number of ether oxygens (including phenoxy) is 4. The Hall–Kier alpha value is -2.60. The van der Waals surface area contributed by atoms with Gasteiger partial charge in [-0.25, -0.2) is 0 Å². The number of piperidine rings is 2. The Kier molecular flexibility index (Phi) is 8.40. The van der Waals surface area contributed by atoms with E-state index in [0.717, 1.165) is 102 Å². The van der Waals surface area contributed by atoms with Crippen LogP contribution in [0.3, 0.4) is 0 Å². The van der Waals surface area contributed by atoms with E-state index in [1.165, 1.54) is 47.9 Å². The number of methoxy groups -OCH3 is 2. The van der Waals surface area contributed by atoms with Crippen LogP contribution in [0.2, 0.25) is 0 Å². The highest BCUT2D eigenvalue weighted by atomic mass is 16.6. The maximum Gasteiger partial charge on any atom is 0.166 e. The zero-order chi connectivity index (χ0) is 47.5. The first kappa shape index (κ1) is 44.1. The van der Waals surface area contributed by atoms with E-state index in [1.54, 1.807) is 0 Å². The predicted octanol–water partition coefficient (Wildman–Crippen LogP) is 8.81. The van der Waals surface area contributed by atoms with Crippen LogP contribution in [0.25, 0.3) is 11.1 Å². The van der Waals surface area contributed by atoms with Crippen molar-refractivity contribution in [1.82, 2.24) is 9.80 Å². The van der Waals surface area contributed by atoms with Crippen molar-refractivity contribution in [1.29, 1.82) is 0 Å². The summed E-state index contributed by atoms with van der Waals surface area (Å²) in [6.07, 6.45) is 13.4. The fourth-order valence-electron chi connectivity index (χ4n) is 19.7. The molecule has 4 heterocycles. The fraction of sp³-hybridized carbons (Fsp3) is 0.793. The Bertz CT molecular complexity index is 2380. The Balaban J connectivity index is 0.957. The average molecular weight is 933 g/mol. The molecule has 10 aliphatic carbocycles. The molecule has 10 heteroatoms. The van der Waals surface area contributed by atoms with Gasteiger partial charge in [0, 0.05) is 95.1 Å². The van der Waals surface area contributed by atoms with Gasteiger partial charge in [0.2, 0.25) is 0 Å². The van der Waals surface area contributed by atoms with Crippen molar-refractivity contribution in [3.05, 3.63) is 34.4 Å². The quantitative estimate of drug-likeness (QED) is 0.194. The molecule has 8 saturated carbocycles. The minimum atomic E-state index is -1.04. The molecule has 0 radical (unpaired) electrons. The molecule has 16 rings (SSSR count). The van der Waals surface area contributed by atoms with Crippen LogP contribution in [0.1, 0.15) is 155 Å². The molecule has 0 amide bonds. The first-order valence-corrected chi connectivity index (χ1v) is 27.2. The summed E-state index contributed by atoms with van der Waals surface area (Å²) in [4.78, 5) is 5.67. The molecule has 14 atom stereocenters. The van der Waals surface area contributed by atoms with Crippen molar-refractivity contribution in [2.24, 2.45) is 45.3 Å². The molecular formula is C58H80N2O8. The molecular weight excluding hydrogens is 853 g/mol. The van der Waals surface area contributed by atoms with Gasteiger partial charge >= 0.3 is 0 Å². The van der Waals surface area contributed by atoms with E-state index in [1.807, 2.05) is 28.1 Å². The van der Waals surface area contributed by atoms with Crippen molar-refractivity contribution in [3.63, 3.8) is 0 Å². The van der Waals surface area contributed by atoms with Crippen molar-refractivity contribution < 1.29 is 39.4 Å². The highest BCUT2D eigenvalue weighted by Gasteiger charge is 2.84. The molecule has 8 bridgehead atoms. The van der Waals surface area contributed by atoms with Gasteiger partial charge in [0.05, 0.1) is 11.2 Å². The van der Waals surface area contributed by atoms with E-state index < -0.39 is 33.2 Å². The number of aliphatic hydroxyl groups is 2. The van der Waals surface area contributed by atoms with Crippen LogP contribution >= 0.6 is 0 Å². The number of aromatic hydroxyl groups is 2. The van der Waals surface area contributed by atoms with E-state index in [-0.39, 0.29) is 69.3 Å². The van der Waals surface area contributed by atoms with Gasteiger partial charge in [0.1, 0.15) is 23.4 Å². The van der Waals surface area contributed by atoms with Crippen LogP contribution in [0, 0.1) is 45.3 Å². The lowest BCUT2D eigenvalue weighted by Gasteiger charge is -2.75. The number of fused-ring (bicyclic) bond motifs is 4. The third-order valence-electron chi connectivity index (χ3n) is 24.2. The van der Waals surface area contributed by atoms with Crippen molar-refractivity contribution >= 4 is 0 Å². The summed E-state index contributed by atoms with van der Waals surface area (Å²) in [5.74, 6) is 2.48. The van der Waals surface area contributed by atoms with Gasteiger partial charge in [0.25, 0.3) is 0 Å². The molecule has 2 aromatic rings. The number of benzene rings is 2. The third kappa shape index (κ3) is 4.69. The highest BCUT2D eigenvalue weighted by Crippen LogP contribution is 2.81. The molecule has 4 N–H and O–H groups in total. The fourth-order valence-corrected chi connectivity index (χ4v) is 19.7. The standard InChI is InChI=1S/C58H80N2O8/c1-49(2,3)51(7,63)37-27-53-15-17-57(37,65-9)47-55(53)19-21-59(29-31-11-12-31)39(53)25-33-23-35(43(61)45(67-47)41(33)55)36-24-34-26-40-54-16-18-58(66-10,38(28-54)52(8,64)50(4,5)6)48-56(54,42(34)46(68-48)44(36)62)20-22-60(40)30-32-13-14-32/h23-24,31-32,37-40,47-48,61-64H,11-22,25-30H2,1-10H3/t37-,38?,39-,40-,47-,48-,51+,52+,53-,54-,55+,56+,57?,58?/m1/s1. The summed E-state index contributed by atoms with van der Waals surface area (Å²) >= 11 is 0. The van der Waals surface area contributed by atoms with Gasteiger partial charge in [-0.3, -0.25) is 9.80 Å². The summed E-state index contributed by atoms with van der Waals surface area (Å²) in [5.41, 5.74) is 0.598. The van der Waals surface area contributed by atoms with Gasteiger partial charge in [-0.15, -0.1) is 0 Å². The largest absolute Gasteiger partial charge is 0.504 e. The zero-order valence-electron chi connectivity index (χ0n) is 42.8. The summed E-state index contributed by atoms with van der Waals surface area (Å²) in [6.45, 7) is 21.3. The highest BCUT2D eigenvalue weighted by molar-refractivity contribution is 5.86. The van der Waals surface area contributed by atoms with E-state index in [2.05, 4.69) is 63.5 Å². The summed E-state index contributed by atoms with van der Waals surface area (Å²) in [6, 6.07) is 5.00. The van der Waals surface area contributed by atoms with Crippen molar-refractivity contribution in [3.8, 4) is 34.1 Å². The van der Waals surface area contributed by atoms with Crippen LogP contribution < -0.4 is 9.47 Å². The van der Waals surface area contributed by atoms with E-state index in [0.29, 0.717) is 22.6 Å². The lowest BCUT2D eigenvalue weighted by Crippen LogP contribution is -2.83. The summed E-state index contributed by atoms with van der Waals surface area (Å²) in [5, 5.41) is 51.9. The van der Waals surface area contributed by atoms with Crippen LogP contribution in [-0.2, 0) is 33.1 Å². The Labute approximate surface area is 404 Å².